The fourth-order valence-electron chi connectivity index (χ4n) is 2.06. The summed E-state index contributed by atoms with van der Waals surface area (Å²) in [5, 5.41) is 8.42. The van der Waals surface area contributed by atoms with E-state index in [0.29, 0.717) is 11.3 Å². The van der Waals surface area contributed by atoms with Gasteiger partial charge in [0.15, 0.2) is 5.78 Å². The van der Waals surface area contributed by atoms with E-state index in [1.165, 1.54) is 17.6 Å². The van der Waals surface area contributed by atoms with Crippen LogP contribution in [-0.4, -0.2) is 36.8 Å². The van der Waals surface area contributed by atoms with E-state index in [2.05, 4.69) is 20.9 Å². The maximum atomic E-state index is 12.2. The summed E-state index contributed by atoms with van der Waals surface area (Å²) in [7, 11) is 1.59. The third-order valence-corrected chi connectivity index (χ3v) is 4.16. The van der Waals surface area contributed by atoms with Gasteiger partial charge in [-0.1, -0.05) is 40.2 Å². The van der Waals surface area contributed by atoms with Gasteiger partial charge in [-0.25, -0.2) is 5.48 Å². The zero-order valence-corrected chi connectivity index (χ0v) is 15.6. The van der Waals surface area contributed by atoms with E-state index in [1.807, 2.05) is 18.2 Å². The maximum absolute atomic E-state index is 12.2. The summed E-state index contributed by atoms with van der Waals surface area (Å²) in [5.74, 6) is -0.0356. The van der Waals surface area contributed by atoms with E-state index in [-0.39, 0.29) is 12.3 Å². The van der Waals surface area contributed by atoms with Gasteiger partial charge in [-0.15, -0.1) is 0 Å². The van der Waals surface area contributed by atoms with Gasteiger partial charge in [0.05, 0.1) is 7.11 Å². The SMILES string of the molecule is COc1ccc(Br)c(C=NCC(=O)c2ccc(/C=C/C(=O)NO)cc2)c1. The van der Waals surface area contributed by atoms with Crippen LogP contribution in [0.3, 0.4) is 0 Å². The molecule has 0 saturated heterocycles. The predicted octanol–water partition coefficient (Wildman–Crippen LogP) is 3.28. The standard InChI is InChI=1S/C19H17BrN2O4/c1-26-16-7-8-17(20)15(10-16)11-21-12-18(23)14-5-2-13(3-6-14)4-9-19(24)22-25/h2-11,25H,12H2,1H3,(H,22,24)/b9-4+,21-11?. The van der Waals surface area contributed by atoms with Crippen molar-refractivity contribution in [2.24, 2.45) is 4.99 Å². The van der Waals surface area contributed by atoms with Crippen LogP contribution in [0.4, 0.5) is 0 Å². The minimum Gasteiger partial charge on any atom is -0.497 e. The molecule has 0 aromatic heterocycles. The summed E-state index contributed by atoms with van der Waals surface area (Å²) in [6.45, 7) is 0.0196. The molecule has 2 aromatic carbocycles. The van der Waals surface area contributed by atoms with Gasteiger partial charge < -0.3 is 4.74 Å². The molecule has 0 bridgehead atoms. The molecule has 26 heavy (non-hydrogen) atoms. The van der Waals surface area contributed by atoms with Crippen LogP contribution < -0.4 is 10.2 Å². The second-order valence-electron chi connectivity index (χ2n) is 5.21. The molecule has 0 saturated carbocycles. The van der Waals surface area contributed by atoms with E-state index in [1.54, 1.807) is 37.6 Å². The summed E-state index contributed by atoms with van der Waals surface area (Å²) in [5.41, 5.74) is 3.58. The number of nitrogens with zero attached hydrogens (tertiary/aromatic N) is 1. The summed E-state index contributed by atoms with van der Waals surface area (Å²) >= 11 is 3.43. The number of benzene rings is 2. The zero-order valence-electron chi connectivity index (χ0n) is 14.0. The van der Waals surface area contributed by atoms with Crippen LogP contribution in [0, 0.1) is 0 Å². The largest absolute Gasteiger partial charge is 0.497 e. The van der Waals surface area contributed by atoms with Gasteiger partial charge in [-0.05, 0) is 29.8 Å². The molecule has 0 spiro atoms. The predicted molar refractivity (Wildman–Crippen MR) is 103 cm³/mol. The molecular formula is C19H17BrN2O4. The summed E-state index contributed by atoms with van der Waals surface area (Å²) in [4.78, 5) is 27.3. The number of methoxy groups -OCH3 is 1. The molecule has 2 aromatic rings. The Balaban J connectivity index is 1.99. The van der Waals surface area contributed by atoms with Gasteiger partial charge in [-0.3, -0.25) is 19.8 Å². The van der Waals surface area contributed by atoms with Gasteiger partial charge in [0.25, 0.3) is 5.91 Å². The molecule has 0 unspecified atom stereocenters. The highest BCUT2D eigenvalue weighted by Gasteiger charge is 2.05. The molecule has 1 amide bonds. The molecule has 134 valence electrons. The summed E-state index contributed by atoms with van der Waals surface area (Å²) < 4.78 is 6.02. The molecule has 0 aliphatic carbocycles. The molecule has 2 N–H and O–H groups in total. The van der Waals surface area contributed by atoms with Crippen LogP contribution in [0.1, 0.15) is 21.5 Å². The lowest BCUT2D eigenvalue weighted by Crippen LogP contribution is -2.14. The lowest BCUT2D eigenvalue weighted by molar-refractivity contribution is -0.124. The second-order valence-corrected chi connectivity index (χ2v) is 6.07. The van der Waals surface area contributed by atoms with Crippen LogP contribution in [0.15, 0.2) is 58.0 Å². The third-order valence-electron chi connectivity index (χ3n) is 3.44. The number of carbonyl (C=O) groups is 2. The Morgan fingerprint density at radius 3 is 2.62 bits per heavy atom. The van der Waals surface area contributed by atoms with E-state index < -0.39 is 5.91 Å². The van der Waals surface area contributed by atoms with Crippen molar-refractivity contribution in [2.75, 3.05) is 13.7 Å². The van der Waals surface area contributed by atoms with Crippen molar-refractivity contribution >= 4 is 39.9 Å². The summed E-state index contributed by atoms with van der Waals surface area (Å²) in [6, 6.07) is 12.2. The lowest BCUT2D eigenvalue weighted by Gasteiger charge is -2.03. The number of Topliss-reactive ketones (excluding diaryl/α,β-unsaturated/α-hetero) is 1. The first-order valence-electron chi connectivity index (χ1n) is 7.62. The third kappa shape index (κ3) is 5.65. The molecule has 0 atom stereocenters. The highest BCUT2D eigenvalue weighted by atomic mass is 79.9. The Kier molecular flexibility index (Phi) is 7.25. The minimum absolute atomic E-state index is 0.0196. The lowest BCUT2D eigenvalue weighted by atomic mass is 10.1. The number of nitrogens with one attached hydrogen (secondary N) is 1. The Labute approximate surface area is 159 Å². The first kappa shape index (κ1) is 19.6. The van der Waals surface area contributed by atoms with Gasteiger partial charge in [0, 0.05) is 27.9 Å². The van der Waals surface area contributed by atoms with Gasteiger partial charge in [-0.2, -0.15) is 0 Å². The highest BCUT2D eigenvalue weighted by molar-refractivity contribution is 9.10. The Hall–Kier alpha value is -2.77. The molecule has 0 aliphatic heterocycles. The van der Waals surface area contributed by atoms with Crippen molar-refractivity contribution in [3.8, 4) is 5.75 Å². The Bertz CT molecular complexity index is 845. The van der Waals surface area contributed by atoms with Crippen LogP contribution in [0.25, 0.3) is 6.08 Å². The average Bonchev–Trinajstić information content (AvgIpc) is 2.67. The molecule has 0 radical (unpaired) electrons. The molecule has 6 nitrogen and oxygen atoms in total. The van der Waals surface area contributed by atoms with Crippen molar-refractivity contribution < 1.29 is 19.5 Å². The van der Waals surface area contributed by atoms with Gasteiger partial charge in [0.2, 0.25) is 0 Å². The number of aliphatic imine (C=N–C) groups is 1. The first-order valence-corrected chi connectivity index (χ1v) is 8.41. The van der Waals surface area contributed by atoms with Crippen molar-refractivity contribution in [2.45, 2.75) is 0 Å². The van der Waals surface area contributed by atoms with E-state index in [9.17, 15) is 9.59 Å². The number of hydroxylamine groups is 1. The number of rotatable bonds is 7. The van der Waals surface area contributed by atoms with E-state index in [0.717, 1.165) is 15.6 Å². The maximum Gasteiger partial charge on any atom is 0.267 e. The van der Waals surface area contributed by atoms with Crippen molar-refractivity contribution in [1.29, 1.82) is 0 Å². The number of halogens is 1. The number of ketones is 1. The topological polar surface area (TPSA) is 88.0 Å². The van der Waals surface area contributed by atoms with Crippen molar-refractivity contribution in [3.63, 3.8) is 0 Å². The van der Waals surface area contributed by atoms with Crippen LogP contribution in [0.2, 0.25) is 0 Å². The number of hydrogen-bond donors (Lipinski definition) is 2. The number of carbonyl (C=O) groups excluding carboxylic acids is 2. The fourth-order valence-corrected chi connectivity index (χ4v) is 2.40. The quantitative estimate of drug-likeness (QED) is 0.238. The molecular weight excluding hydrogens is 400 g/mol. The average molecular weight is 417 g/mol. The normalized spacial score (nSPS) is 11.0. The minimum atomic E-state index is -0.622. The van der Waals surface area contributed by atoms with Gasteiger partial charge in [0.1, 0.15) is 12.3 Å². The number of hydrogen-bond acceptors (Lipinski definition) is 5. The zero-order chi connectivity index (χ0) is 18.9. The Morgan fingerprint density at radius 1 is 1.23 bits per heavy atom. The van der Waals surface area contributed by atoms with Crippen molar-refractivity contribution in [3.05, 3.63) is 69.7 Å². The van der Waals surface area contributed by atoms with Crippen LogP contribution in [-0.2, 0) is 4.79 Å². The number of ether oxygens (including phenoxy) is 1. The van der Waals surface area contributed by atoms with Crippen LogP contribution >= 0.6 is 15.9 Å². The molecule has 7 heteroatoms. The number of amides is 1. The van der Waals surface area contributed by atoms with E-state index >= 15 is 0 Å². The fraction of sp³-hybridized carbons (Fsp3) is 0.105. The van der Waals surface area contributed by atoms with Gasteiger partial charge >= 0.3 is 0 Å². The summed E-state index contributed by atoms with van der Waals surface area (Å²) in [6.07, 6.45) is 4.33. The first-order chi connectivity index (χ1) is 12.5. The van der Waals surface area contributed by atoms with Crippen molar-refractivity contribution in [1.82, 2.24) is 5.48 Å². The molecule has 0 heterocycles. The highest BCUT2D eigenvalue weighted by Crippen LogP contribution is 2.21. The second kappa shape index (κ2) is 9.65. The molecule has 0 fully saturated rings. The smallest absolute Gasteiger partial charge is 0.267 e. The van der Waals surface area contributed by atoms with E-state index in [4.69, 9.17) is 9.94 Å². The Morgan fingerprint density at radius 2 is 1.96 bits per heavy atom. The molecule has 0 aliphatic rings. The monoisotopic (exact) mass is 416 g/mol. The van der Waals surface area contributed by atoms with Crippen LogP contribution in [0.5, 0.6) is 5.75 Å². The molecule has 2 rings (SSSR count).